The Morgan fingerprint density at radius 3 is 2.90 bits per heavy atom. The van der Waals surface area contributed by atoms with Crippen LogP contribution in [0.4, 0.5) is 5.82 Å². The van der Waals surface area contributed by atoms with Crippen molar-refractivity contribution in [2.24, 2.45) is 5.92 Å². The first-order valence-electron chi connectivity index (χ1n) is 6.28. The molecule has 2 N–H and O–H groups in total. The van der Waals surface area contributed by atoms with E-state index in [1.807, 2.05) is 0 Å². The molecule has 0 radical (unpaired) electrons. The average molecular weight is 303 g/mol. The predicted molar refractivity (Wildman–Crippen MR) is 75.7 cm³/mol. The molecule has 20 heavy (non-hydrogen) atoms. The Bertz CT molecular complexity index is 459. The van der Waals surface area contributed by atoms with E-state index in [0.717, 1.165) is 12.5 Å². The lowest BCUT2D eigenvalue weighted by Crippen LogP contribution is -2.29. The molecule has 0 spiro atoms. The fourth-order valence-electron chi connectivity index (χ4n) is 1.61. The number of ether oxygens (including phenoxy) is 1. The van der Waals surface area contributed by atoms with Crippen molar-refractivity contribution in [2.45, 2.75) is 19.4 Å². The zero-order chi connectivity index (χ0) is 13.7. The van der Waals surface area contributed by atoms with Gasteiger partial charge in [0.15, 0.2) is 5.82 Å². The normalized spacial score (nSPS) is 13.4. The molecule has 0 unspecified atom stereocenters. The fraction of sp³-hybridized carbons (Fsp3) is 0.583. The lowest BCUT2D eigenvalue weighted by molar-refractivity contribution is -0.141. The highest BCUT2D eigenvalue weighted by Crippen LogP contribution is 2.27. The highest BCUT2D eigenvalue weighted by atomic mass is 35.5. The van der Waals surface area contributed by atoms with Crippen LogP contribution in [-0.2, 0) is 20.9 Å². The number of rotatable bonds is 7. The lowest BCUT2D eigenvalue weighted by Gasteiger charge is -2.03. The Hall–Kier alpha value is -1.60. The summed E-state index contributed by atoms with van der Waals surface area (Å²) < 4.78 is 5.94. The minimum Gasteiger partial charge on any atom is -0.468 e. The van der Waals surface area contributed by atoms with E-state index in [4.69, 9.17) is 0 Å². The summed E-state index contributed by atoms with van der Waals surface area (Å²) in [5.41, 5.74) is 0. The molecule has 1 aromatic heterocycles. The van der Waals surface area contributed by atoms with E-state index in [2.05, 4.69) is 20.5 Å². The average Bonchev–Trinajstić information content (AvgIpc) is 3.10. The van der Waals surface area contributed by atoms with Crippen LogP contribution in [0.15, 0.2) is 12.3 Å². The van der Waals surface area contributed by atoms with Gasteiger partial charge in [0.1, 0.15) is 6.54 Å². The summed E-state index contributed by atoms with van der Waals surface area (Å²) in [6.45, 7) is 1.21. The second-order valence-corrected chi connectivity index (χ2v) is 4.60. The van der Waals surface area contributed by atoms with Crippen LogP contribution < -0.4 is 10.6 Å². The predicted octanol–water partition coefficient (Wildman–Crippen LogP) is 0.416. The van der Waals surface area contributed by atoms with E-state index in [1.54, 1.807) is 12.3 Å². The summed E-state index contributed by atoms with van der Waals surface area (Å²) in [6.07, 6.45) is 4.13. The number of aromatic nitrogens is 2. The first kappa shape index (κ1) is 16.5. The molecule has 1 heterocycles. The number of nitrogens with zero attached hydrogens (tertiary/aromatic N) is 2. The lowest BCUT2D eigenvalue weighted by atomic mass is 10.4. The van der Waals surface area contributed by atoms with Crippen LogP contribution in [-0.4, -0.2) is 41.9 Å². The minimum absolute atomic E-state index is 0. The van der Waals surface area contributed by atoms with E-state index in [9.17, 15) is 9.59 Å². The molecule has 1 aliphatic rings. The second kappa shape index (κ2) is 7.86. The molecule has 0 aromatic carbocycles. The van der Waals surface area contributed by atoms with E-state index in [-0.39, 0.29) is 37.4 Å². The van der Waals surface area contributed by atoms with E-state index >= 15 is 0 Å². The van der Waals surface area contributed by atoms with Gasteiger partial charge in [-0.1, -0.05) is 0 Å². The number of nitrogens with one attached hydrogen (secondary N) is 2. The third kappa shape index (κ3) is 5.58. The van der Waals surface area contributed by atoms with E-state index in [0.29, 0.717) is 5.82 Å². The van der Waals surface area contributed by atoms with Crippen LogP contribution in [0.25, 0.3) is 0 Å². The Balaban J connectivity index is 0.00000200. The Labute approximate surface area is 123 Å². The van der Waals surface area contributed by atoms with Crippen LogP contribution in [0.3, 0.4) is 0 Å². The number of halogens is 1. The Morgan fingerprint density at radius 1 is 1.50 bits per heavy atom. The molecule has 1 amide bonds. The number of carbonyl (C=O) groups excluding carboxylic acids is 2. The number of anilines is 1. The number of amides is 1. The van der Waals surface area contributed by atoms with Crippen molar-refractivity contribution in [3.63, 3.8) is 0 Å². The minimum atomic E-state index is -0.382. The number of carbonyl (C=O) groups is 2. The smallest absolute Gasteiger partial charge is 0.327 e. The van der Waals surface area contributed by atoms with E-state index < -0.39 is 0 Å². The summed E-state index contributed by atoms with van der Waals surface area (Å²) in [5, 5.41) is 9.81. The van der Waals surface area contributed by atoms with Crippen molar-refractivity contribution in [2.75, 3.05) is 25.5 Å². The number of hydrogen-bond acceptors (Lipinski definition) is 5. The van der Waals surface area contributed by atoms with Gasteiger partial charge in [0.2, 0.25) is 5.91 Å². The first-order chi connectivity index (χ1) is 9.17. The van der Waals surface area contributed by atoms with Gasteiger partial charge in [-0.25, -0.2) is 0 Å². The molecule has 1 saturated carbocycles. The van der Waals surface area contributed by atoms with Crippen LogP contribution >= 0.6 is 12.4 Å². The molecule has 8 heteroatoms. The maximum atomic E-state index is 11.6. The molecule has 0 bridgehead atoms. The molecule has 7 nitrogen and oxygen atoms in total. The van der Waals surface area contributed by atoms with Crippen LogP contribution in [0, 0.1) is 5.92 Å². The summed E-state index contributed by atoms with van der Waals surface area (Å²) in [5.74, 6) is 0.658. The SMILES string of the molecule is COC(=O)Cn1ccc(NC(=O)CNCC2CC2)n1.Cl. The van der Waals surface area contributed by atoms with Crippen LogP contribution in [0.1, 0.15) is 12.8 Å². The van der Waals surface area contributed by atoms with Gasteiger partial charge < -0.3 is 15.4 Å². The highest BCUT2D eigenvalue weighted by molar-refractivity contribution is 5.91. The van der Waals surface area contributed by atoms with Gasteiger partial charge in [-0.2, -0.15) is 5.10 Å². The molecular weight excluding hydrogens is 284 g/mol. The standard InChI is InChI=1S/C12H18N4O3.ClH/c1-19-12(18)8-16-5-4-10(15-16)14-11(17)7-13-6-9-2-3-9;/h4-5,9,13H,2-3,6-8H2,1H3,(H,14,15,17);1H. The van der Waals surface area contributed by atoms with Crippen LogP contribution in [0.5, 0.6) is 0 Å². The number of esters is 1. The maximum Gasteiger partial charge on any atom is 0.327 e. The quantitative estimate of drug-likeness (QED) is 0.713. The van der Waals surface area contributed by atoms with Crippen molar-refractivity contribution in [1.29, 1.82) is 0 Å². The van der Waals surface area contributed by atoms with Gasteiger partial charge in [-0.3, -0.25) is 14.3 Å². The third-order valence-corrected chi connectivity index (χ3v) is 2.84. The van der Waals surface area contributed by atoms with Crippen LogP contribution in [0.2, 0.25) is 0 Å². The first-order valence-corrected chi connectivity index (χ1v) is 6.28. The largest absolute Gasteiger partial charge is 0.468 e. The second-order valence-electron chi connectivity index (χ2n) is 4.60. The summed E-state index contributed by atoms with van der Waals surface area (Å²) in [6, 6.07) is 1.64. The molecule has 2 rings (SSSR count). The van der Waals surface area contributed by atoms with Gasteiger partial charge in [0.25, 0.3) is 0 Å². The fourth-order valence-corrected chi connectivity index (χ4v) is 1.61. The monoisotopic (exact) mass is 302 g/mol. The summed E-state index contributed by atoms with van der Waals surface area (Å²) in [7, 11) is 1.32. The molecule has 1 aliphatic carbocycles. The Kier molecular flexibility index (Phi) is 6.47. The van der Waals surface area contributed by atoms with Crippen molar-refractivity contribution in [3.8, 4) is 0 Å². The maximum absolute atomic E-state index is 11.6. The molecule has 112 valence electrons. The molecular formula is C12H19ClN4O3. The Morgan fingerprint density at radius 2 is 2.25 bits per heavy atom. The third-order valence-electron chi connectivity index (χ3n) is 2.84. The molecule has 0 aliphatic heterocycles. The van der Waals surface area contributed by atoms with E-state index in [1.165, 1.54) is 24.6 Å². The van der Waals surface area contributed by atoms with Gasteiger partial charge in [0.05, 0.1) is 13.7 Å². The number of hydrogen-bond donors (Lipinski definition) is 2. The zero-order valence-electron chi connectivity index (χ0n) is 11.3. The number of methoxy groups -OCH3 is 1. The van der Waals surface area contributed by atoms with Gasteiger partial charge in [-0.15, -0.1) is 12.4 Å². The topological polar surface area (TPSA) is 85.2 Å². The zero-order valence-corrected chi connectivity index (χ0v) is 12.1. The van der Waals surface area contributed by atoms with Crippen molar-refractivity contribution < 1.29 is 14.3 Å². The molecule has 0 atom stereocenters. The van der Waals surface area contributed by atoms with Gasteiger partial charge in [-0.05, 0) is 25.3 Å². The molecule has 1 aromatic rings. The molecule has 1 fully saturated rings. The highest BCUT2D eigenvalue weighted by Gasteiger charge is 2.20. The van der Waals surface area contributed by atoms with Crippen molar-refractivity contribution in [1.82, 2.24) is 15.1 Å². The summed E-state index contributed by atoms with van der Waals surface area (Å²) >= 11 is 0. The van der Waals surface area contributed by atoms with Crippen molar-refractivity contribution in [3.05, 3.63) is 12.3 Å². The van der Waals surface area contributed by atoms with Gasteiger partial charge >= 0.3 is 5.97 Å². The van der Waals surface area contributed by atoms with Gasteiger partial charge in [0, 0.05) is 12.3 Å². The molecule has 0 saturated heterocycles. The van der Waals surface area contributed by atoms with Crippen molar-refractivity contribution >= 4 is 30.1 Å². The summed E-state index contributed by atoms with van der Waals surface area (Å²) in [4.78, 5) is 22.6.